The number of hydrogen-bond acceptors (Lipinski definition) is 5. The van der Waals surface area contributed by atoms with Gasteiger partial charge in [-0.2, -0.15) is 0 Å². The Kier molecular flexibility index (Phi) is 9.83. The number of aliphatic hydroxyl groups excluding tert-OH is 2. The van der Waals surface area contributed by atoms with E-state index >= 15 is 0 Å². The Balaban J connectivity index is 2.13. The molecule has 0 aliphatic carbocycles. The van der Waals surface area contributed by atoms with Gasteiger partial charge in [0.1, 0.15) is 23.9 Å². The molecule has 0 aliphatic heterocycles. The summed E-state index contributed by atoms with van der Waals surface area (Å²) in [7, 11) is 1.57. The van der Waals surface area contributed by atoms with Gasteiger partial charge in [-0.05, 0) is 34.7 Å². The Morgan fingerprint density at radius 1 is 1.03 bits per heavy atom. The fourth-order valence-electron chi connectivity index (χ4n) is 4.22. The molecular formula is C30H33FO6. The molecule has 2 atom stereocenters. The van der Waals surface area contributed by atoms with Crippen molar-refractivity contribution in [3.05, 3.63) is 89.2 Å². The number of hydrogen-bond donors (Lipinski definition) is 3. The lowest BCUT2D eigenvalue weighted by atomic mass is 9.87. The van der Waals surface area contributed by atoms with Crippen molar-refractivity contribution in [2.45, 2.75) is 51.4 Å². The molecule has 0 heterocycles. The van der Waals surface area contributed by atoms with Gasteiger partial charge in [-0.3, -0.25) is 4.79 Å². The van der Waals surface area contributed by atoms with Crippen LogP contribution in [0.15, 0.2) is 66.7 Å². The van der Waals surface area contributed by atoms with Crippen molar-refractivity contribution in [3.8, 4) is 22.6 Å². The molecule has 0 aromatic heterocycles. The number of ether oxygens (including phenoxy) is 2. The normalized spacial score (nSPS) is 13.1. The van der Waals surface area contributed by atoms with Crippen LogP contribution in [0, 0.1) is 5.82 Å². The van der Waals surface area contributed by atoms with Gasteiger partial charge in [0, 0.05) is 23.6 Å². The van der Waals surface area contributed by atoms with Crippen molar-refractivity contribution in [1.29, 1.82) is 0 Å². The summed E-state index contributed by atoms with van der Waals surface area (Å²) in [6, 6.07) is 17.6. The second-order valence-electron chi connectivity index (χ2n) is 9.13. The first-order chi connectivity index (χ1) is 17.7. The second kappa shape index (κ2) is 13.0. The summed E-state index contributed by atoms with van der Waals surface area (Å²) in [5, 5.41) is 29.4. The molecule has 0 saturated carbocycles. The highest BCUT2D eigenvalue weighted by Gasteiger charge is 2.22. The van der Waals surface area contributed by atoms with Crippen LogP contribution in [0.3, 0.4) is 0 Å². The molecule has 3 aromatic rings. The molecule has 0 fully saturated rings. The maximum Gasteiger partial charge on any atom is 0.305 e. The fourth-order valence-corrected chi connectivity index (χ4v) is 4.22. The molecule has 3 N–H and O–H groups in total. The first-order valence-corrected chi connectivity index (χ1v) is 12.1. The van der Waals surface area contributed by atoms with E-state index in [4.69, 9.17) is 14.6 Å². The monoisotopic (exact) mass is 508 g/mol. The average Bonchev–Trinajstić information content (AvgIpc) is 2.86. The van der Waals surface area contributed by atoms with Gasteiger partial charge in [-0.1, -0.05) is 68.5 Å². The van der Waals surface area contributed by atoms with Gasteiger partial charge >= 0.3 is 5.97 Å². The number of carbonyl (C=O) groups is 1. The first kappa shape index (κ1) is 27.9. The molecule has 0 saturated heterocycles. The van der Waals surface area contributed by atoms with Crippen LogP contribution >= 0.6 is 0 Å². The van der Waals surface area contributed by atoms with Crippen LogP contribution in [0.2, 0.25) is 0 Å². The van der Waals surface area contributed by atoms with Gasteiger partial charge < -0.3 is 24.8 Å². The highest BCUT2D eigenvalue weighted by Crippen LogP contribution is 2.44. The molecule has 0 aliphatic rings. The largest absolute Gasteiger partial charge is 0.496 e. The number of carboxylic acid groups (broad SMARTS) is 1. The number of carboxylic acids is 1. The zero-order chi connectivity index (χ0) is 26.9. The maximum atomic E-state index is 13.8. The molecule has 6 nitrogen and oxygen atoms in total. The van der Waals surface area contributed by atoms with E-state index in [1.807, 2.05) is 50.2 Å². The van der Waals surface area contributed by atoms with Crippen LogP contribution < -0.4 is 9.47 Å². The molecule has 3 aromatic carbocycles. The molecule has 37 heavy (non-hydrogen) atoms. The molecule has 0 spiro atoms. The van der Waals surface area contributed by atoms with Crippen molar-refractivity contribution in [1.82, 2.24) is 0 Å². The summed E-state index contributed by atoms with van der Waals surface area (Å²) >= 11 is 0. The van der Waals surface area contributed by atoms with Crippen LogP contribution in [-0.2, 0) is 11.4 Å². The standard InChI is InChI=1S/C30H33FO6/c1-19(2)29-25(14-13-23(32)15-24(33)16-28(34)35)30(21-9-11-22(31)12-10-21)27(17-26(29)36-3)37-18-20-7-5-4-6-8-20/h4-14,17,19,23-24,32-33H,15-16,18H2,1-3H3,(H,34,35)/b14-13+/t23-,24?/m1/s1. The highest BCUT2D eigenvalue weighted by molar-refractivity contribution is 5.84. The maximum absolute atomic E-state index is 13.8. The Morgan fingerprint density at radius 3 is 2.30 bits per heavy atom. The number of aliphatic carboxylic acids is 1. The van der Waals surface area contributed by atoms with Gasteiger partial charge in [0.2, 0.25) is 0 Å². The third-order valence-corrected chi connectivity index (χ3v) is 5.91. The lowest BCUT2D eigenvalue weighted by Crippen LogP contribution is -2.19. The Bertz CT molecular complexity index is 1200. The molecule has 0 amide bonds. The smallest absolute Gasteiger partial charge is 0.305 e. The first-order valence-electron chi connectivity index (χ1n) is 12.1. The molecule has 0 bridgehead atoms. The predicted molar refractivity (Wildman–Crippen MR) is 141 cm³/mol. The van der Waals surface area contributed by atoms with Crippen LogP contribution in [-0.4, -0.2) is 40.6 Å². The zero-order valence-corrected chi connectivity index (χ0v) is 21.2. The summed E-state index contributed by atoms with van der Waals surface area (Å²) in [6.45, 7) is 4.33. The van der Waals surface area contributed by atoms with Crippen molar-refractivity contribution >= 4 is 12.0 Å². The van der Waals surface area contributed by atoms with E-state index in [9.17, 15) is 19.4 Å². The van der Waals surface area contributed by atoms with Crippen molar-refractivity contribution in [2.75, 3.05) is 7.11 Å². The molecule has 3 rings (SSSR count). The summed E-state index contributed by atoms with van der Waals surface area (Å²) in [5.41, 5.74) is 3.97. The van der Waals surface area contributed by atoms with Gasteiger partial charge in [0.05, 0.1) is 25.7 Å². The average molecular weight is 509 g/mol. The van der Waals surface area contributed by atoms with E-state index in [0.717, 1.165) is 16.7 Å². The van der Waals surface area contributed by atoms with Crippen LogP contribution in [0.5, 0.6) is 11.5 Å². The Hall–Kier alpha value is -3.68. The van der Waals surface area contributed by atoms with Crippen LogP contribution in [0.4, 0.5) is 4.39 Å². The Morgan fingerprint density at radius 2 is 1.70 bits per heavy atom. The van der Waals surface area contributed by atoms with Gasteiger partial charge in [0.25, 0.3) is 0 Å². The lowest BCUT2D eigenvalue weighted by molar-refractivity contribution is -0.139. The van der Waals surface area contributed by atoms with Crippen molar-refractivity contribution in [2.24, 2.45) is 0 Å². The van der Waals surface area contributed by atoms with Crippen molar-refractivity contribution < 1.29 is 34.0 Å². The summed E-state index contributed by atoms with van der Waals surface area (Å²) < 4.78 is 25.8. The number of aliphatic hydroxyl groups is 2. The van der Waals surface area contributed by atoms with Gasteiger partial charge in [-0.15, -0.1) is 0 Å². The van der Waals surface area contributed by atoms with Crippen molar-refractivity contribution in [3.63, 3.8) is 0 Å². The van der Waals surface area contributed by atoms with E-state index in [0.29, 0.717) is 29.2 Å². The van der Waals surface area contributed by atoms with E-state index in [1.165, 1.54) is 18.2 Å². The van der Waals surface area contributed by atoms with Crippen LogP contribution in [0.25, 0.3) is 17.2 Å². The van der Waals surface area contributed by atoms with Crippen LogP contribution in [0.1, 0.15) is 49.3 Å². The molecule has 196 valence electrons. The van der Waals surface area contributed by atoms with Gasteiger partial charge in [-0.25, -0.2) is 4.39 Å². The van der Waals surface area contributed by atoms with E-state index in [-0.39, 0.29) is 18.2 Å². The third kappa shape index (κ3) is 7.65. The molecule has 0 radical (unpaired) electrons. The Labute approximate surface area is 216 Å². The minimum absolute atomic E-state index is 0.0201. The molecular weight excluding hydrogens is 475 g/mol. The predicted octanol–water partition coefficient (Wildman–Crippen LogP) is 5.80. The quantitative estimate of drug-likeness (QED) is 0.286. The minimum atomic E-state index is -1.19. The molecule has 7 heteroatoms. The third-order valence-electron chi connectivity index (χ3n) is 5.91. The van der Waals surface area contributed by atoms with Gasteiger partial charge in [0.15, 0.2) is 0 Å². The van der Waals surface area contributed by atoms with E-state index in [1.54, 1.807) is 25.3 Å². The number of benzene rings is 3. The number of methoxy groups -OCH3 is 1. The number of rotatable bonds is 12. The lowest BCUT2D eigenvalue weighted by Gasteiger charge is -2.23. The second-order valence-corrected chi connectivity index (χ2v) is 9.13. The van der Waals surface area contributed by atoms with E-state index < -0.39 is 24.6 Å². The van der Waals surface area contributed by atoms with E-state index in [2.05, 4.69) is 0 Å². The summed E-state index contributed by atoms with van der Waals surface area (Å²) in [5.74, 6) is -0.363. The highest BCUT2D eigenvalue weighted by atomic mass is 19.1. The SMILES string of the molecule is COc1cc(OCc2ccccc2)c(-c2ccc(F)cc2)c(/C=C/[C@@H](O)CC(O)CC(=O)O)c1C(C)C. The zero-order valence-electron chi connectivity index (χ0n) is 21.2. The topological polar surface area (TPSA) is 96.2 Å². The summed E-state index contributed by atoms with van der Waals surface area (Å²) in [6.07, 6.45) is 0.375. The summed E-state index contributed by atoms with van der Waals surface area (Å²) in [4.78, 5) is 10.9. The minimum Gasteiger partial charge on any atom is -0.496 e. The molecule has 1 unspecified atom stereocenters. The fraction of sp³-hybridized carbons (Fsp3) is 0.300. The number of halogens is 1.